The van der Waals surface area contributed by atoms with Gasteiger partial charge < -0.3 is 16.2 Å². The summed E-state index contributed by atoms with van der Waals surface area (Å²) in [6, 6.07) is -2.11. The number of thiazole rings is 1. The molecule has 0 aliphatic carbocycles. The van der Waals surface area contributed by atoms with Crippen molar-refractivity contribution in [3.63, 3.8) is 0 Å². The van der Waals surface area contributed by atoms with E-state index in [1.807, 2.05) is 6.92 Å². The van der Waals surface area contributed by atoms with Crippen LogP contribution in [-0.2, 0) is 9.59 Å². The Morgan fingerprint density at radius 2 is 2.22 bits per heavy atom. The minimum atomic E-state index is -1.36. The lowest BCUT2D eigenvalue weighted by atomic mass is 10.2. The minimum absolute atomic E-state index is 0.341. The number of aliphatic carboxylic acids is 1. The highest BCUT2D eigenvalue weighted by Crippen LogP contribution is 2.16. The minimum Gasteiger partial charge on any atom is -0.480 e. The Morgan fingerprint density at radius 1 is 1.56 bits per heavy atom. The Morgan fingerprint density at radius 3 is 2.67 bits per heavy atom. The van der Waals surface area contributed by atoms with Gasteiger partial charge in [-0.1, -0.05) is 0 Å². The van der Waals surface area contributed by atoms with Gasteiger partial charge in [-0.15, -0.1) is 11.3 Å². The number of primary amides is 1. The highest BCUT2D eigenvalue weighted by molar-refractivity contribution is 7.15. The molecule has 9 heteroatoms. The first-order valence-corrected chi connectivity index (χ1v) is 5.71. The van der Waals surface area contributed by atoms with Crippen LogP contribution < -0.4 is 16.4 Å². The number of anilines is 1. The molecule has 1 aromatic heterocycles. The van der Waals surface area contributed by atoms with Gasteiger partial charge in [-0.25, -0.2) is 14.6 Å². The molecule has 1 aromatic rings. The zero-order valence-electron chi connectivity index (χ0n) is 9.47. The van der Waals surface area contributed by atoms with Crippen molar-refractivity contribution in [1.82, 2.24) is 10.3 Å². The fraction of sp³-hybridized carbons (Fsp3) is 0.333. The van der Waals surface area contributed by atoms with Gasteiger partial charge in [-0.3, -0.25) is 10.1 Å². The number of hydrogen-bond acceptors (Lipinski definition) is 5. The number of nitrogens with zero attached hydrogens (tertiary/aromatic N) is 1. The Kier molecular flexibility index (Phi) is 4.60. The van der Waals surface area contributed by atoms with Crippen molar-refractivity contribution in [3.05, 3.63) is 11.1 Å². The molecule has 0 fully saturated rings. The van der Waals surface area contributed by atoms with Gasteiger partial charge in [0.15, 0.2) is 5.13 Å². The van der Waals surface area contributed by atoms with Crippen molar-refractivity contribution in [3.8, 4) is 0 Å². The molecular weight excluding hydrogens is 260 g/mol. The summed E-state index contributed by atoms with van der Waals surface area (Å²) in [6.07, 6.45) is 1.10. The number of hydrogen-bond donors (Lipinski definition) is 4. The van der Waals surface area contributed by atoms with E-state index in [1.165, 1.54) is 11.3 Å². The van der Waals surface area contributed by atoms with Crippen LogP contribution in [-0.4, -0.2) is 34.0 Å². The predicted molar refractivity (Wildman–Crippen MR) is 64.2 cm³/mol. The highest BCUT2D eigenvalue weighted by Gasteiger charge is 2.22. The largest absolute Gasteiger partial charge is 0.480 e. The normalized spacial score (nSPS) is 11.6. The van der Waals surface area contributed by atoms with E-state index in [2.05, 4.69) is 15.6 Å². The van der Waals surface area contributed by atoms with E-state index < -0.39 is 30.4 Å². The van der Waals surface area contributed by atoms with Crippen LogP contribution in [0.2, 0.25) is 0 Å². The van der Waals surface area contributed by atoms with Crippen molar-refractivity contribution >= 4 is 34.4 Å². The summed E-state index contributed by atoms with van der Waals surface area (Å²) >= 11 is 1.24. The fourth-order valence-corrected chi connectivity index (χ4v) is 1.76. The van der Waals surface area contributed by atoms with Crippen molar-refractivity contribution in [2.24, 2.45) is 5.73 Å². The first kappa shape index (κ1) is 13.9. The highest BCUT2D eigenvalue weighted by atomic mass is 32.1. The third-order valence-electron chi connectivity index (χ3n) is 1.85. The number of amides is 3. The van der Waals surface area contributed by atoms with Gasteiger partial charge in [0.25, 0.3) is 0 Å². The molecule has 5 N–H and O–H groups in total. The predicted octanol–water partition coefficient (Wildman–Crippen LogP) is -0.0984. The quantitative estimate of drug-likeness (QED) is 0.593. The molecule has 0 aliphatic rings. The second kappa shape index (κ2) is 5.96. The molecule has 0 saturated heterocycles. The van der Waals surface area contributed by atoms with Gasteiger partial charge in [-0.05, 0) is 6.92 Å². The molecule has 1 rings (SSSR count). The van der Waals surface area contributed by atoms with Gasteiger partial charge in [0, 0.05) is 11.1 Å². The third kappa shape index (κ3) is 4.37. The first-order chi connectivity index (χ1) is 8.38. The molecule has 1 atom stereocenters. The molecule has 3 amide bonds. The van der Waals surface area contributed by atoms with Crippen LogP contribution >= 0.6 is 11.3 Å². The van der Waals surface area contributed by atoms with Gasteiger partial charge in [0.05, 0.1) is 6.42 Å². The van der Waals surface area contributed by atoms with E-state index in [0.29, 0.717) is 5.13 Å². The average Bonchev–Trinajstić information content (AvgIpc) is 2.62. The zero-order chi connectivity index (χ0) is 13.7. The van der Waals surface area contributed by atoms with Crippen LogP contribution in [0.15, 0.2) is 6.20 Å². The van der Waals surface area contributed by atoms with Crippen LogP contribution in [0.25, 0.3) is 0 Å². The lowest BCUT2D eigenvalue weighted by Crippen LogP contribution is -2.45. The first-order valence-electron chi connectivity index (χ1n) is 4.89. The summed E-state index contributed by atoms with van der Waals surface area (Å²) in [5, 5.41) is 13.6. The number of carboxylic acids is 1. The third-order valence-corrected chi connectivity index (χ3v) is 2.68. The summed E-state index contributed by atoms with van der Waals surface area (Å²) in [4.78, 5) is 37.6. The summed E-state index contributed by atoms with van der Waals surface area (Å²) < 4.78 is 0. The molecule has 8 nitrogen and oxygen atoms in total. The number of rotatable bonds is 5. The number of nitrogens with two attached hydrogens (primary N) is 1. The molecular formula is C9H12N4O4S. The van der Waals surface area contributed by atoms with Crippen molar-refractivity contribution in [1.29, 1.82) is 0 Å². The number of urea groups is 1. The Hall–Kier alpha value is -2.16. The van der Waals surface area contributed by atoms with Crippen LogP contribution in [0.3, 0.4) is 0 Å². The molecule has 0 saturated carbocycles. The standard InChI is InChI=1S/C9H12N4O4S/c1-4-3-11-9(18-4)13-8(17)12-5(7(15)16)2-6(10)14/h3,5H,2H2,1H3,(H2,10,14)(H,15,16)(H2,11,12,13,17)/t5-/m0/s1. The lowest BCUT2D eigenvalue weighted by Gasteiger charge is -2.12. The second-order valence-corrected chi connectivity index (χ2v) is 4.67. The van der Waals surface area contributed by atoms with Crippen molar-refractivity contribution in [2.45, 2.75) is 19.4 Å². The molecule has 0 spiro atoms. The smallest absolute Gasteiger partial charge is 0.326 e. The van der Waals surface area contributed by atoms with Gasteiger partial charge in [0.1, 0.15) is 6.04 Å². The zero-order valence-corrected chi connectivity index (χ0v) is 10.3. The fourth-order valence-electron chi connectivity index (χ4n) is 1.11. The monoisotopic (exact) mass is 272 g/mol. The molecule has 0 radical (unpaired) electrons. The molecule has 18 heavy (non-hydrogen) atoms. The van der Waals surface area contributed by atoms with E-state index in [1.54, 1.807) is 6.20 Å². The number of carbonyl (C=O) groups is 3. The molecule has 1 heterocycles. The van der Waals surface area contributed by atoms with E-state index in [-0.39, 0.29) is 0 Å². The molecule has 98 valence electrons. The Bertz CT molecular complexity index is 473. The number of aromatic nitrogens is 1. The van der Waals surface area contributed by atoms with E-state index >= 15 is 0 Å². The second-order valence-electron chi connectivity index (χ2n) is 3.44. The van der Waals surface area contributed by atoms with Gasteiger partial charge >= 0.3 is 12.0 Å². The van der Waals surface area contributed by atoms with Gasteiger partial charge in [-0.2, -0.15) is 0 Å². The number of carboxylic acid groups (broad SMARTS) is 1. The molecule has 0 unspecified atom stereocenters. The summed E-state index contributed by atoms with van der Waals surface area (Å²) in [7, 11) is 0. The van der Waals surface area contributed by atoms with E-state index in [0.717, 1.165) is 4.88 Å². The van der Waals surface area contributed by atoms with Crippen molar-refractivity contribution < 1.29 is 19.5 Å². The topological polar surface area (TPSA) is 134 Å². The maximum atomic E-state index is 11.4. The van der Waals surface area contributed by atoms with E-state index in [9.17, 15) is 14.4 Å². The molecule has 0 bridgehead atoms. The summed E-state index contributed by atoms with van der Waals surface area (Å²) in [6.45, 7) is 1.81. The van der Waals surface area contributed by atoms with Gasteiger partial charge in [0.2, 0.25) is 5.91 Å². The van der Waals surface area contributed by atoms with Crippen LogP contribution in [0, 0.1) is 6.92 Å². The lowest BCUT2D eigenvalue weighted by molar-refractivity contribution is -0.140. The Balaban J connectivity index is 2.56. The number of aryl methyl sites for hydroxylation is 1. The SMILES string of the molecule is Cc1cnc(NC(=O)N[C@@H](CC(N)=O)C(=O)O)s1. The number of nitrogens with one attached hydrogen (secondary N) is 2. The molecule has 0 aliphatic heterocycles. The summed E-state index contributed by atoms with van der Waals surface area (Å²) in [5.41, 5.74) is 4.88. The maximum absolute atomic E-state index is 11.4. The van der Waals surface area contributed by atoms with E-state index in [4.69, 9.17) is 10.8 Å². The number of carbonyl (C=O) groups excluding carboxylic acids is 2. The molecule has 0 aromatic carbocycles. The Labute approximate surface area is 106 Å². The maximum Gasteiger partial charge on any atom is 0.326 e. The van der Waals surface area contributed by atoms with Crippen molar-refractivity contribution in [2.75, 3.05) is 5.32 Å². The summed E-state index contributed by atoms with van der Waals surface area (Å²) in [5.74, 6) is -2.15. The van der Waals surface area contributed by atoms with Crippen LogP contribution in [0.4, 0.5) is 9.93 Å². The van der Waals surface area contributed by atoms with Crippen LogP contribution in [0.5, 0.6) is 0 Å². The average molecular weight is 272 g/mol. The van der Waals surface area contributed by atoms with Crippen LogP contribution in [0.1, 0.15) is 11.3 Å².